The number of hydrogen-bond donors (Lipinski definition) is 2. The van der Waals surface area contributed by atoms with Crippen LogP contribution in [0.1, 0.15) is 19.0 Å². The molecule has 0 amide bonds. The Morgan fingerprint density at radius 2 is 2.39 bits per heavy atom. The Labute approximate surface area is 105 Å². The van der Waals surface area contributed by atoms with E-state index in [2.05, 4.69) is 20.3 Å². The molecule has 0 aliphatic carbocycles. The third kappa shape index (κ3) is 2.97. The van der Waals surface area contributed by atoms with Gasteiger partial charge in [0, 0.05) is 43.8 Å². The highest BCUT2D eigenvalue weighted by Gasteiger charge is 2.03. The summed E-state index contributed by atoms with van der Waals surface area (Å²) in [6.45, 7) is 3.41. The van der Waals surface area contributed by atoms with Gasteiger partial charge in [-0.1, -0.05) is 6.92 Å². The number of nitrogens with zero attached hydrogens (tertiary/aromatic N) is 3. The van der Waals surface area contributed by atoms with Crippen LogP contribution in [-0.2, 0) is 13.0 Å². The zero-order valence-electron chi connectivity index (χ0n) is 10.4. The van der Waals surface area contributed by atoms with E-state index in [1.165, 1.54) is 0 Å². The van der Waals surface area contributed by atoms with Crippen LogP contribution >= 0.6 is 0 Å². The second-order valence-corrected chi connectivity index (χ2v) is 4.03. The molecule has 0 bridgehead atoms. The van der Waals surface area contributed by atoms with Gasteiger partial charge in [0.1, 0.15) is 0 Å². The summed E-state index contributed by atoms with van der Waals surface area (Å²) < 4.78 is 1.67. The van der Waals surface area contributed by atoms with Gasteiger partial charge >= 0.3 is 0 Å². The minimum absolute atomic E-state index is 0.0658. The lowest BCUT2D eigenvalue weighted by Gasteiger charge is -2.07. The number of anilines is 1. The highest BCUT2D eigenvalue weighted by molar-refractivity contribution is 5.30. The molecule has 6 heteroatoms. The molecule has 2 N–H and O–H groups in total. The summed E-state index contributed by atoms with van der Waals surface area (Å²) in [5, 5.41) is 3.06. The number of imidazole rings is 1. The smallest absolute Gasteiger partial charge is 0.293 e. The van der Waals surface area contributed by atoms with E-state index in [1.54, 1.807) is 29.5 Å². The highest BCUT2D eigenvalue weighted by atomic mass is 16.1. The fraction of sp³-hybridized carbons (Fsp3) is 0.417. The molecule has 0 saturated heterocycles. The Kier molecular flexibility index (Phi) is 4.11. The summed E-state index contributed by atoms with van der Waals surface area (Å²) in [6.07, 6.45) is 8.49. The average molecular weight is 247 g/mol. The third-order valence-corrected chi connectivity index (χ3v) is 2.62. The van der Waals surface area contributed by atoms with Crippen LogP contribution in [0.4, 0.5) is 5.82 Å². The van der Waals surface area contributed by atoms with Gasteiger partial charge in [-0.25, -0.2) is 9.97 Å². The van der Waals surface area contributed by atoms with Crippen molar-refractivity contribution in [3.8, 4) is 0 Å². The first-order valence-electron chi connectivity index (χ1n) is 6.08. The van der Waals surface area contributed by atoms with Gasteiger partial charge in [0.2, 0.25) is 0 Å². The lowest BCUT2D eigenvalue weighted by molar-refractivity contribution is 0.649. The van der Waals surface area contributed by atoms with Crippen LogP contribution in [0.2, 0.25) is 0 Å². The summed E-state index contributed by atoms with van der Waals surface area (Å²) in [7, 11) is 0. The number of aryl methyl sites for hydroxylation is 1. The summed E-state index contributed by atoms with van der Waals surface area (Å²) in [4.78, 5) is 23.0. The lowest BCUT2D eigenvalue weighted by atomic mass is 10.3. The Morgan fingerprint density at radius 3 is 3.11 bits per heavy atom. The summed E-state index contributed by atoms with van der Waals surface area (Å²) in [5.41, 5.74) is 0.969. The highest BCUT2D eigenvalue weighted by Crippen LogP contribution is 1.97. The number of aromatic nitrogens is 4. The molecular formula is C12H17N5O. The molecule has 0 radical (unpaired) electrons. The molecule has 0 spiro atoms. The van der Waals surface area contributed by atoms with Gasteiger partial charge in [0.05, 0.1) is 6.33 Å². The zero-order valence-corrected chi connectivity index (χ0v) is 10.4. The molecule has 2 heterocycles. The van der Waals surface area contributed by atoms with Crippen molar-refractivity contribution in [3.05, 3.63) is 41.0 Å². The maximum Gasteiger partial charge on any atom is 0.293 e. The predicted octanol–water partition coefficient (Wildman–Crippen LogP) is 1.03. The topological polar surface area (TPSA) is 75.6 Å². The molecule has 0 atom stereocenters. The second-order valence-electron chi connectivity index (χ2n) is 4.03. The number of rotatable bonds is 6. The summed E-state index contributed by atoms with van der Waals surface area (Å²) >= 11 is 0. The van der Waals surface area contributed by atoms with Crippen LogP contribution in [0.5, 0.6) is 0 Å². The van der Waals surface area contributed by atoms with E-state index in [1.807, 2.05) is 6.92 Å². The number of hydrogen-bond acceptors (Lipinski definition) is 4. The van der Waals surface area contributed by atoms with Gasteiger partial charge < -0.3 is 14.9 Å². The largest absolute Gasteiger partial charge is 0.365 e. The molecule has 0 saturated carbocycles. The van der Waals surface area contributed by atoms with E-state index in [9.17, 15) is 4.79 Å². The zero-order chi connectivity index (χ0) is 12.8. The fourth-order valence-electron chi connectivity index (χ4n) is 1.72. The number of H-pyrrole nitrogens is 1. The minimum atomic E-state index is -0.0658. The molecule has 2 aromatic heterocycles. The molecule has 18 heavy (non-hydrogen) atoms. The van der Waals surface area contributed by atoms with Crippen LogP contribution in [0, 0.1) is 0 Å². The Hall–Kier alpha value is -2.11. The second kappa shape index (κ2) is 6.00. The maximum atomic E-state index is 12.0. The van der Waals surface area contributed by atoms with Crippen molar-refractivity contribution in [3.63, 3.8) is 0 Å². The summed E-state index contributed by atoms with van der Waals surface area (Å²) in [6, 6.07) is 0. The molecule has 2 aromatic rings. The minimum Gasteiger partial charge on any atom is -0.365 e. The standard InChI is InChI=1S/C12H17N5O/c1-2-6-17-7-5-15-11(12(17)18)14-4-3-10-8-13-9-16-10/h5,7-9H,2-4,6H2,1H3,(H,13,16)(H,14,15). The molecular weight excluding hydrogens is 230 g/mol. The molecule has 2 rings (SSSR count). The third-order valence-electron chi connectivity index (χ3n) is 2.62. The van der Waals surface area contributed by atoms with Gasteiger partial charge in [0.15, 0.2) is 5.82 Å². The normalized spacial score (nSPS) is 10.5. The van der Waals surface area contributed by atoms with Crippen molar-refractivity contribution in [2.24, 2.45) is 0 Å². The van der Waals surface area contributed by atoms with Gasteiger partial charge in [-0.3, -0.25) is 4.79 Å². The Balaban J connectivity index is 1.97. The van der Waals surface area contributed by atoms with E-state index < -0.39 is 0 Å². The van der Waals surface area contributed by atoms with Crippen LogP contribution in [0.15, 0.2) is 29.7 Å². The molecule has 0 aliphatic rings. The molecule has 0 aliphatic heterocycles. The van der Waals surface area contributed by atoms with Crippen molar-refractivity contribution in [2.45, 2.75) is 26.3 Å². The van der Waals surface area contributed by atoms with Crippen molar-refractivity contribution in [1.82, 2.24) is 19.5 Å². The van der Waals surface area contributed by atoms with E-state index in [4.69, 9.17) is 0 Å². The van der Waals surface area contributed by atoms with Crippen LogP contribution in [-0.4, -0.2) is 26.1 Å². The van der Waals surface area contributed by atoms with Crippen molar-refractivity contribution in [1.29, 1.82) is 0 Å². The van der Waals surface area contributed by atoms with Crippen LogP contribution in [0.25, 0.3) is 0 Å². The first-order chi connectivity index (χ1) is 8.81. The lowest BCUT2D eigenvalue weighted by Crippen LogP contribution is -2.25. The fourth-order valence-corrected chi connectivity index (χ4v) is 1.72. The van der Waals surface area contributed by atoms with E-state index >= 15 is 0 Å². The van der Waals surface area contributed by atoms with Gasteiger partial charge in [-0.2, -0.15) is 0 Å². The quantitative estimate of drug-likeness (QED) is 0.799. The van der Waals surface area contributed by atoms with Crippen molar-refractivity contribution < 1.29 is 0 Å². The average Bonchev–Trinajstić information content (AvgIpc) is 2.87. The first-order valence-corrected chi connectivity index (χ1v) is 6.08. The number of aromatic amines is 1. The molecule has 0 aromatic carbocycles. The van der Waals surface area contributed by atoms with Crippen molar-refractivity contribution in [2.75, 3.05) is 11.9 Å². The SMILES string of the molecule is CCCn1ccnc(NCCc2cnc[nH]2)c1=O. The molecule has 6 nitrogen and oxygen atoms in total. The van der Waals surface area contributed by atoms with E-state index in [0.717, 1.165) is 25.1 Å². The van der Waals surface area contributed by atoms with Crippen LogP contribution < -0.4 is 10.9 Å². The van der Waals surface area contributed by atoms with Gasteiger partial charge in [-0.05, 0) is 6.42 Å². The van der Waals surface area contributed by atoms with E-state index in [-0.39, 0.29) is 5.56 Å². The molecule has 0 unspecified atom stereocenters. The summed E-state index contributed by atoms with van der Waals surface area (Å²) in [5.74, 6) is 0.408. The molecule has 96 valence electrons. The Morgan fingerprint density at radius 1 is 1.50 bits per heavy atom. The first kappa shape index (κ1) is 12.3. The van der Waals surface area contributed by atoms with Crippen LogP contribution in [0.3, 0.4) is 0 Å². The predicted molar refractivity (Wildman–Crippen MR) is 69.6 cm³/mol. The maximum absolute atomic E-state index is 12.0. The Bertz CT molecular complexity index is 532. The van der Waals surface area contributed by atoms with Gasteiger partial charge in [0.25, 0.3) is 5.56 Å². The van der Waals surface area contributed by atoms with Crippen molar-refractivity contribution >= 4 is 5.82 Å². The monoisotopic (exact) mass is 247 g/mol. The van der Waals surface area contributed by atoms with Gasteiger partial charge in [-0.15, -0.1) is 0 Å². The molecule has 0 fully saturated rings. The number of nitrogens with one attached hydrogen (secondary N) is 2. The van der Waals surface area contributed by atoms with E-state index in [0.29, 0.717) is 12.4 Å².